The molecule has 0 bridgehead atoms. The van der Waals surface area contributed by atoms with Crippen molar-refractivity contribution in [3.8, 4) is 0 Å². The van der Waals surface area contributed by atoms with Gasteiger partial charge in [0.25, 0.3) is 0 Å². The Morgan fingerprint density at radius 1 is 1.53 bits per heavy atom. The maximum Gasteiger partial charge on any atom is 0.110 e. The Balaban J connectivity index is 2.10. The van der Waals surface area contributed by atoms with E-state index in [1.54, 1.807) is 11.3 Å². The van der Waals surface area contributed by atoms with E-state index in [-0.39, 0.29) is 0 Å². The van der Waals surface area contributed by atoms with Crippen molar-refractivity contribution in [3.05, 3.63) is 16.1 Å². The minimum absolute atomic E-state index is 0.354. The summed E-state index contributed by atoms with van der Waals surface area (Å²) < 4.78 is 5.58. The average molecular weight is 254 g/mol. The molecule has 0 aliphatic carbocycles. The van der Waals surface area contributed by atoms with Crippen LogP contribution >= 0.6 is 11.3 Å². The van der Waals surface area contributed by atoms with E-state index in [1.165, 1.54) is 23.5 Å². The summed E-state index contributed by atoms with van der Waals surface area (Å²) >= 11 is 1.78. The molecular weight excluding hydrogens is 232 g/mol. The minimum Gasteiger partial charge on any atom is -0.381 e. The fourth-order valence-electron chi connectivity index (χ4n) is 2.30. The molecule has 96 valence electrons. The second kappa shape index (κ2) is 5.94. The molecule has 2 atom stereocenters. The van der Waals surface area contributed by atoms with Crippen molar-refractivity contribution in [2.75, 3.05) is 20.3 Å². The van der Waals surface area contributed by atoms with Crippen LogP contribution in [0.2, 0.25) is 0 Å². The molecule has 0 spiro atoms. The molecule has 4 heteroatoms. The lowest BCUT2D eigenvalue weighted by atomic mass is 9.94. The lowest BCUT2D eigenvalue weighted by Gasteiger charge is -2.28. The van der Waals surface area contributed by atoms with Crippen LogP contribution in [0.1, 0.15) is 49.4 Å². The predicted octanol–water partition coefficient (Wildman–Crippen LogP) is 2.95. The van der Waals surface area contributed by atoms with Gasteiger partial charge in [-0.25, -0.2) is 4.98 Å². The van der Waals surface area contributed by atoms with E-state index in [0.717, 1.165) is 13.2 Å². The fourth-order valence-corrected chi connectivity index (χ4v) is 3.48. The van der Waals surface area contributed by atoms with Crippen LogP contribution in [0.4, 0.5) is 0 Å². The van der Waals surface area contributed by atoms with E-state index in [9.17, 15) is 0 Å². The predicted molar refractivity (Wildman–Crippen MR) is 71.5 cm³/mol. The van der Waals surface area contributed by atoms with Gasteiger partial charge >= 0.3 is 0 Å². The zero-order chi connectivity index (χ0) is 12.3. The summed E-state index contributed by atoms with van der Waals surface area (Å²) in [6, 6.07) is 0.354. The van der Waals surface area contributed by atoms with Crippen LogP contribution in [0.25, 0.3) is 0 Å². The molecule has 2 heterocycles. The number of rotatable bonds is 4. The molecule has 1 aromatic rings. The van der Waals surface area contributed by atoms with E-state index in [0.29, 0.717) is 17.9 Å². The van der Waals surface area contributed by atoms with Gasteiger partial charge in [-0.3, -0.25) is 0 Å². The Labute approximate surface area is 108 Å². The average Bonchev–Trinajstić information content (AvgIpc) is 2.81. The molecule has 17 heavy (non-hydrogen) atoms. The summed E-state index contributed by atoms with van der Waals surface area (Å²) in [4.78, 5) is 4.76. The fraction of sp³-hybridized carbons (Fsp3) is 0.769. The van der Waals surface area contributed by atoms with Gasteiger partial charge in [-0.1, -0.05) is 13.8 Å². The van der Waals surface area contributed by atoms with Gasteiger partial charge in [0, 0.05) is 17.9 Å². The van der Waals surface area contributed by atoms with Gasteiger partial charge in [-0.2, -0.15) is 0 Å². The summed E-state index contributed by atoms with van der Waals surface area (Å²) in [5, 5.41) is 6.81. The summed E-state index contributed by atoms with van der Waals surface area (Å²) in [6.07, 6.45) is 2.41. The van der Waals surface area contributed by atoms with E-state index in [4.69, 9.17) is 9.72 Å². The normalized spacial score (nSPS) is 22.9. The molecule has 0 amide bonds. The van der Waals surface area contributed by atoms with E-state index in [2.05, 4.69) is 24.5 Å². The summed E-state index contributed by atoms with van der Waals surface area (Å²) in [6.45, 7) is 6.16. The first kappa shape index (κ1) is 13.0. The highest BCUT2D eigenvalue weighted by atomic mass is 32.1. The number of ether oxygens (including phenoxy) is 1. The molecule has 0 aromatic carbocycles. The molecule has 2 rings (SSSR count). The Morgan fingerprint density at radius 3 is 2.88 bits per heavy atom. The number of aromatic nitrogens is 1. The molecule has 1 aromatic heterocycles. The molecule has 0 saturated carbocycles. The summed E-state index contributed by atoms with van der Waals surface area (Å²) in [5.41, 5.74) is 1.21. The zero-order valence-electron chi connectivity index (χ0n) is 10.9. The van der Waals surface area contributed by atoms with Gasteiger partial charge in [0.15, 0.2) is 0 Å². The smallest absolute Gasteiger partial charge is 0.110 e. The standard InChI is InChI=1S/C13H22N2OS/c1-9(2)11-8-17-13(15-11)12(14-3)10-5-4-6-16-7-10/h8-10,12,14H,4-7H2,1-3H3. The second-order valence-electron chi connectivity index (χ2n) is 5.01. The van der Waals surface area contributed by atoms with Crippen molar-refractivity contribution in [1.29, 1.82) is 0 Å². The number of nitrogens with one attached hydrogen (secondary N) is 1. The molecule has 1 aliphatic heterocycles. The van der Waals surface area contributed by atoms with Crippen LogP contribution in [0.5, 0.6) is 0 Å². The minimum atomic E-state index is 0.354. The van der Waals surface area contributed by atoms with Crippen LogP contribution in [0.3, 0.4) is 0 Å². The number of nitrogens with zero attached hydrogens (tertiary/aromatic N) is 1. The van der Waals surface area contributed by atoms with E-state index in [1.807, 2.05) is 7.05 Å². The quantitative estimate of drug-likeness (QED) is 0.897. The maximum absolute atomic E-state index is 5.58. The summed E-state index contributed by atoms with van der Waals surface area (Å²) in [7, 11) is 2.02. The van der Waals surface area contributed by atoms with Crippen molar-refractivity contribution >= 4 is 11.3 Å². The van der Waals surface area contributed by atoms with Crippen molar-refractivity contribution in [2.24, 2.45) is 5.92 Å². The van der Waals surface area contributed by atoms with Gasteiger partial charge in [0.1, 0.15) is 5.01 Å². The first-order chi connectivity index (χ1) is 8.22. The highest BCUT2D eigenvalue weighted by Gasteiger charge is 2.26. The Hall–Kier alpha value is -0.450. The molecule has 1 aliphatic rings. The third-order valence-corrected chi connectivity index (χ3v) is 4.32. The SMILES string of the molecule is CNC(c1nc(C(C)C)cs1)C1CCCOC1. The number of thiazole rings is 1. The second-order valence-corrected chi connectivity index (χ2v) is 5.90. The molecule has 1 fully saturated rings. The monoisotopic (exact) mass is 254 g/mol. The third kappa shape index (κ3) is 3.06. The van der Waals surface area contributed by atoms with Gasteiger partial charge in [0.2, 0.25) is 0 Å². The van der Waals surface area contributed by atoms with Crippen molar-refractivity contribution < 1.29 is 4.74 Å². The Bertz CT molecular complexity index is 345. The van der Waals surface area contributed by atoms with Crippen LogP contribution < -0.4 is 5.32 Å². The largest absolute Gasteiger partial charge is 0.381 e. The topological polar surface area (TPSA) is 34.2 Å². The van der Waals surface area contributed by atoms with Crippen LogP contribution in [-0.4, -0.2) is 25.2 Å². The van der Waals surface area contributed by atoms with E-state index >= 15 is 0 Å². The van der Waals surface area contributed by atoms with Gasteiger partial charge < -0.3 is 10.1 Å². The van der Waals surface area contributed by atoms with Crippen molar-refractivity contribution in [2.45, 2.75) is 38.6 Å². The van der Waals surface area contributed by atoms with Crippen LogP contribution in [-0.2, 0) is 4.74 Å². The molecule has 1 saturated heterocycles. The van der Waals surface area contributed by atoms with Crippen molar-refractivity contribution in [3.63, 3.8) is 0 Å². The van der Waals surface area contributed by atoms with Gasteiger partial charge in [0.05, 0.1) is 18.3 Å². The maximum atomic E-state index is 5.58. The molecular formula is C13H22N2OS. The van der Waals surface area contributed by atoms with Gasteiger partial charge in [-0.05, 0) is 25.8 Å². The highest BCUT2D eigenvalue weighted by molar-refractivity contribution is 7.09. The number of hydrogen-bond acceptors (Lipinski definition) is 4. The first-order valence-electron chi connectivity index (χ1n) is 6.42. The molecule has 2 unspecified atom stereocenters. The van der Waals surface area contributed by atoms with E-state index < -0.39 is 0 Å². The molecule has 0 radical (unpaired) electrons. The Morgan fingerprint density at radius 2 is 2.35 bits per heavy atom. The third-order valence-electron chi connectivity index (χ3n) is 3.38. The van der Waals surface area contributed by atoms with Gasteiger partial charge in [-0.15, -0.1) is 11.3 Å². The lowest BCUT2D eigenvalue weighted by molar-refractivity contribution is 0.0401. The molecule has 1 N–H and O–H groups in total. The Kier molecular flexibility index (Phi) is 4.54. The zero-order valence-corrected chi connectivity index (χ0v) is 11.7. The lowest BCUT2D eigenvalue weighted by Crippen LogP contribution is -2.31. The highest BCUT2D eigenvalue weighted by Crippen LogP contribution is 2.31. The molecule has 3 nitrogen and oxygen atoms in total. The first-order valence-corrected chi connectivity index (χ1v) is 7.30. The van der Waals surface area contributed by atoms with Crippen LogP contribution in [0.15, 0.2) is 5.38 Å². The van der Waals surface area contributed by atoms with Crippen LogP contribution in [0, 0.1) is 5.92 Å². The van der Waals surface area contributed by atoms with Crippen molar-refractivity contribution in [1.82, 2.24) is 10.3 Å². The summed E-state index contributed by atoms with van der Waals surface area (Å²) in [5.74, 6) is 1.08. The number of hydrogen-bond donors (Lipinski definition) is 1.